The Morgan fingerprint density at radius 3 is 2.79 bits per heavy atom. The van der Waals surface area contributed by atoms with Crippen molar-refractivity contribution in [3.63, 3.8) is 0 Å². The summed E-state index contributed by atoms with van der Waals surface area (Å²) in [6, 6.07) is 8.96. The molecule has 1 fully saturated rings. The van der Waals surface area contributed by atoms with Crippen LogP contribution in [-0.2, 0) is 4.74 Å². The summed E-state index contributed by atoms with van der Waals surface area (Å²) in [5.74, 6) is 0.589. The van der Waals surface area contributed by atoms with Crippen molar-refractivity contribution in [2.75, 3.05) is 6.61 Å². The van der Waals surface area contributed by atoms with Gasteiger partial charge in [-0.3, -0.25) is 0 Å². The molecule has 1 aromatic carbocycles. The van der Waals surface area contributed by atoms with Crippen LogP contribution >= 0.6 is 11.6 Å². The third kappa shape index (κ3) is 4.20. The molecular weight excluding hydrogens is 258 g/mol. The molecule has 1 N–H and O–H groups in total. The topological polar surface area (TPSA) is 21.3 Å². The molecule has 1 heterocycles. The summed E-state index contributed by atoms with van der Waals surface area (Å²) in [5.41, 5.74) is 1.25. The van der Waals surface area contributed by atoms with Gasteiger partial charge in [-0.15, -0.1) is 0 Å². The van der Waals surface area contributed by atoms with Crippen LogP contribution in [-0.4, -0.2) is 18.8 Å². The quantitative estimate of drug-likeness (QED) is 0.893. The lowest BCUT2D eigenvalue weighted by molar-refractivity contribution is -0.0256. The van der Waals surface area contributed by atoms with Gasteiger partial charge < -0.3 is 10.1 Å². The molecular formula is C16H24ClNO. The molecule has 0 aromatic heterocycles. The average Bonchev–Trinajstić information content (AvgIpc) is 2.39. The first kappa shape index (κ1) is 14.8. The van der Waals surface area contributed by atoms with Crippen molar-refractivity contribution in [2.24, 2.45) is 5.92 Å². The van der Waals surface area contributed by atoms with E-state index in [1.165, 1.54) is 5.56 Å². The minimum Gasteiger partial charge on any atom is -0.378 e. The lowest BCUT2D eigenvalue weighted by Crippen LogP contribution is -2.41. The highest BCUT2D eigenvalue weighted by molar-refractivity contribution is 6.30. The van der Waals surface area contributed by atoms with Gasteiger partial charge in [0.15, 0.2) is 0 Å². The summed E-state index contributed by atoms with van der Waals surface area (Å²) < 4.78 is 5.81. The lowest BCUT2D eigenvalue weighted by Gasteiger charge is -2.34. The number of halogens is 1. The SMILES string of the molecule is CC(C)C1CC(N[C@@H](C)c2cccc(Cl)c2)CCO1. The van der Waals surface area contributed by atoms with E-state index in [0.29, 0.717) is 24.1 Å². The summed E-state index contributed by atoms with van der Waals surface area (Å²) in [7, 11) is 0. The predicted octanol–water partition coefficient (Wildman–Crippen LogP) is 4.19. The van der Waals surface area contributed by atoms with Gasteiger partial charge in [0, 0.05) is 23.7 Å². The van der Waals surface area contributed by atoms with Crippen LogP contribution in [0.3, 0.4) is 0 Å². The third-order valence-corrected chi connectivity index (χ3v) is 4.13. The van der Waals surface area contributed by atoms with E-state index < -0.39 is 0 Å². The minimum atomic E-state index is 0.328. The number of ether oxygens (including phenoxy) is 1. The molecule has 19 heavy (non-hydrogen) atoms. The molecule has 0 bridgehead atoms. The molecule has 1 aliphatic heterocycles. The maximum atomic E-state index is 6.05. The first-order valence-electron chi connectivity index (χ1n) is 7.19. The summed E-state index contributed by atoms with van der Waals surface area (Å²) in [6.07, 6.45) is 2.58. The summed E-state index contributed by atoms with van der Waals surface area (Å²) in [5, 5.41) is 4.51. The van der Waals surface area contributed by atoms with Crippen LogP contribution in [0.25, 0.3) is 0 Å². The molecule has 2 nitrogen and oxygen atoms in total. The fraction of sp³-hybridized carbons (Fsp3) is 0.625. The van der Waals surface area contributed by atoms with Gasteiger partial charge in [-0.1, -0.05) is 37.6 Å². The molecule has 0 spiro atoms. The predicted molar refractivity (Wildman–Crippen MR) is 80.6 cm³/mol. The maximum absolute atomic E-state index is 6.05. The Morgan fingerprint density at radius 2 is 2.11 bits per heavy atom. The average molecular weight is 282 g/mol. The van der Waals surface area contributed by atoms with Crippen LogP contribution in [0.15, 0.2) is 24.3 Å². The Balaban J connectivity index is 1.93. The summed E-state index contributed by atoms with van der Waals surface area (Å²) in [4.78, 5) is 0. The molecule has 0 saturated carbocycles. The van der Waals surface area contributed by atoms with E-state index in [4.69, 9.17) is 16.3 Å². The van der Waals surface area contributed by atoms with Crippen molar-refractivity contribution in [2.45, 2.75) is 51.8 Å². The molecule has 106 valence electrons. The number of nitrogens with one attached hydrogen (secondary N) is 1. The lowest BCUT2D eigenvalue weighted by atomic mass is 9.94. The fourth-order valence-corrected chi connectivity index (χ4v) is 2.87. The van der Waals surface area contributed by atoms with Crippen molar-refractivity contribution in [1.29, 1.82) is 0 Å². The first-order chi connectivity index (χ1) is 9.06. The van der Waals surface area contributed by atoms with Crippen LogP contribution < -0.4 is 5.32 Å². The molecule has 0 aliphatic carbocycles. The van der Waals surface area contributed by atoms with Gasteiger partial charge in [-0.2, -0.15) is 0 Å². The van der Waals surface area contributed by atoms with Crippen molar-refractivity contribution < 1.29 is 4.74 Å². The van der Waals surface area contributed by atoms with Gasteiger partial charge in [0.05, 0.1) is 6.10 Å². The zero-order valence-electron chi connectivity index (χ0n) is 12.0. The molecule has 1 aliphatic rings. The Kier molecular flexibility index (Phi) is 5.26. The molecule has 1 aromatic rings. The number of hydrogen-bond acceptors (Lipinski definition) is 2. The molecule has 3 atom stereocenters. The van der Waals surface area contributed by atoms with Crippen LogP contribution in [0, 0.1) is 5.92 Å². The molecule has 2 unspecified atom stereocenters. The maximum Gasteiger partial charge on any atom is 0.0612 e. The van der Waals surface area contributed by atoms with E-state index >= 15 is 0 Å². The molecule has 3 heteroatoms. The highest BCUT2D eigenvalue weighted by Gasteiger charge is 2.25. The standard InChI is InChI=1S/C16H24ClNO/c1-11(2)16-10-15(7-8-19-16)18-12(3)13-5-4-6-14(17)9-13/h4-6,9,11-12,15-16,18H,7-8,10H2,1-3H3/t12-,15?,16?/m0/s1. The van der Waals surface area contributed by atoms with Gasteiger partial charge in [0.1, 0.15) is 0 Å². The van der Waals surface area contributed by atoms with E-state index in [1.54, 1.807) is 0 Å². The van der Waals surface area contributed by atoms with E-state index in [2.05, 4.69) is 32.2 Å². The Hall–Kier alpha value is -0.570. The van der Waals surface area contributed by atoms with E-state index in [9.17, 15) is 0 Å². The van der Waals surface area contributed by atoms with Crippen LogP contribution in [0.5, 0.6) is 0 Å². The summed E-state index contributed by atoms with van der Waals surface area (Å²) in [6.45, 7) is 7.52. The fourth-order valence-electron chi connectivity index (χ4n) is 2.67. The molecule has 1 saturated heterocycles. The minimum absolute atomic E-state index is 0.328. The van der Waals surface area contributed by atoms with E-state index in [-0.39, 0.29) is 0 Å². The third-order valence-electron chi connectivity index (χ3n) is 3.89. The van der Waals surface area contributed by atoms with Crippen LogP contribution in [0.1, 0.15) is 45.2 Å². The van der Waals surface area contributed by atoms with Crippen molar-refractivity contribution in [3.8, 4) is 0 Å². The van der Waals surface area contributed by atoms with Crippen molar-refractivity contribution in [1.82, 2.24) is 5.32 Å². The largest absolute Gasteiger partial charge is 0.378 e. The van der Waals surface area contributed by atoms with Crippen molar-refractivity contribution in [3.05, 3.63) is 34.9 Å². The second kappa shape index (κ2) is 6.74. The monoisotopic (exact) mass is 281 g/mol. The van der Waals surface area contributed by atoms with Crippen LogP contribution in [0.4, 0.5) is 0 Å². The van der Waals surface area contributed by atoms with Gasteiger partial charge in [0.25, 0.3) is 0 Å². The van der Waals surface area contributed by atoms with E-state index in [1.807, 2.05) is 18.2 Å². The number of hydrogen-bond donors (Lipinski definition) is 1. The zero-order chi connectivity index (χ0) is 13.8. The number of rotatable bonds is 4. The molecule has 2 rings (SSSR count). The highest BCUT2D eigenvalue weighted by Crippen LogP contribution is 2.23. The Bertz CT molecular complexity index is 407. The van der Waals surface area contributed by atoms with Gasteiger partial charge >= 0.3 is 0 Å². The van der Waals surface area contributed by atoms with Gasteiger partial charge in [-0.05, 0) is 43.4 Å². The second-order valence-electron chi connectivity index (χ2n) is 5.82. The van der Waals surface area contributed by atoms with Gasteiger partial charge in [-0.25, -0.2) is 0 Å². The number of benzene rings is 1. The van der Waals surface area contributed by atoms with Gasteiger partial charge in [0.2, 0.25) is 0 Å². The van der Waals surface area contributed by atoms with Crippen LogP contribution in [0.2, 0.25) is 5.02 Å². The summed E-state index contributed by atoms with van der Waals surface area (Å²) >= 11 is 6.05. The van der Waals surface area contributed by atoms with Crippen molar-refractivity contribution >= 4 is 11.6 Å². The Morgan fingerprint density at radius 1 is 1.32 bits per heavy atom. The van der Waals surface area contributed by atoms with E-state index in [0.717, 1.165) is 24.5 Å². The zero-order valence-corrected chi connectivity index (χ0v) is 12.8. The normalized spacial score (nSPS) is 25.5. The Labute approximate surface area is 121 Å². The highest BCUT2D eigenvalue weighted by atomic mass is 35.5. The second-order valence-corrected chi connectivity index (χ2v) is 6.25. The first-order valence-corrected chi connectivity index (χ1v) is 7.57. The molecule has 0 amide bonds. The molecule has 0 radical (unpaired) electrons. The smallest absolute Gasteiger partial charge is 0.0612 e.